The van der Waals surface area contributed by atoms with Crippen LogP contribution in [-0.4, -0.2) is 41.8 Å². The highest BCUT2D eigenvalue weighted by Gasteiger charge is 2.32. The van der Waals surface area contributed by atoms with Gasteiger partial charge in [0, 0.05) is 5.92 Å². The van der Waals surface area contributed by atoms with Gasteiger partial charge in [-0.25, -0.2) is 9.59 Å². The molecule has 0 saturated heterocycles. The number of aliphatic carboxylic acids is 1. The topological polar surface area (TPSA) is 105 Å². The lowest BCUT2D eigenvalue weighted by atomic mass is 9.97. The number of ether oxygens (including phenoxy) is 1. The molecule has 7 nitrogen and oxygen atoms in total. The van der Waals surface area contributed by atoms with Crippen LogP contribution in [0, 0.1) is 11.8 Å². The smallest absolute Gasteiger partial charge is 0.407 e. The van der Waals surface area contributed by atoms with Crippen LogP contribution < -0.4 is 10.6 Å². The molecule has 0 aromatic heterocycles. The Balaban J connectivity index is 1.67. The summed E-state index contributed by atoms with van der Waals surface area (Å²) in [5.41, 5.74) is 4.47. The first-order valence-corrected chi connectivity index (χ1v) is 11.9. The predicted molar refractivity (Wildman–Crippen MR) is 130 cm³/mol. The fraction of sp³-hybridized carbons (Fsp3) is 0.444. The Morgan fingerprint density at radius 3 is 2.00 bits per heavy atom. The quantitative estimate of drug-likeness (QED) is 0.476. The largest absolute Gasteiger partial charge is 0.480 e. The molecule has 0 radical (unpaired) electrons. The fourth-order valence-electron chi connectivity index (χ4n) is 4.42. The minimum absolute atomic E-state index is 0.0858. The van der Waals surface area contributed by atoms with Gasteiger partial charge in [0.05, 0.1) is 0 Å². The average molecular weight is 467 g/mol. The number of nitrogens with one attached hydrogen (secondary N) is 2. The number of carboxylic acids is 1. The molecule has 0 bridgehead atoms. The molecule has 0 heterocycles. The first kappa shape index (κ1) is 25.3. The second kappa shape index (κ2) is 11.2. The SMILES string of the molecule is CC[C@H](C)[C@H](NC(=O)[C@H](CC(C)C)NC(=O)OCC1c2ccccc2-c2ccccc21)C(=O)O. The van der Waals surface area contributed by atoms with E-state index >= 15 is 0 Å². The maximum Gasteiger partial charge on any atom is 0.407 e. The van der Waals surface area contributed by atoms with E-state index in [2.05, 4.69) is 22.8 Å². The lowest BCUT2D eigenvalue weighted by molar-refractivity contribution is -0.143. The standard InChI is InChI=1S/C27H34N2O5/c1-5-17(4)24(26(31)32)29-25(30)23(14-16(2)3)28-27(33)34-15-22-20-12-8-6-10-18(20)19-11-7-9-13-21(19)22/h6-13,16-17,22-24H,5,14-15H2,1-4H3,(H,28,33)(H,29,30)(H,31,32)/t17-,23-,24-/m0/s1. The van der Waals surface area contributed by atoms with E-state index in [-0.39, 0.29) is 24.4 Å². The molecular weight excluding hydrogens is 432 g/mol. The summed E-state index contributed by atoms with van der Waals surface area (Å²) in [5.74, 6) is -1.83. The van der Waals surface area contributed by atoms with Crippen LogP contribution in [-0.2, 0) is 14.3 Å². The number of rotatable bonds is 10. The molecule has 7 heteroatoms. The number of benzene rings is 2. The van der Waals surface area contributed by atoms with Crippen molar-refractivity contribution < 1.29 is 24.2 Å². The molecule has 3 rings (SSSR count). The van der Waals surface area contributed by atoms with Gasteiger partial charge in [-0.15, -0.1) is 0 Å². The van der Waals surface area contributed by atoms with Crippen molar-refractivity contribution >= 4 is 18.0 Å². The zero-order valence-corrected chi connectivity index (χ0v) is 20.2. The van der Waals surface area contributed by atoms with Gasteiger partial charge in [0.15, 0.2) is 0 Å². The van der Waals surface area contributed by atoms with Crippen LogP contribution >= 0.6 is 0 Å². The summed E-state index contributed by atoms with van der Waals surface area (Å²) in [5, 5.41) is 14.8. The van der Waals surface area contributed by atoms with E-state index in [0.717, 1.165) is 22.3 Å². The molecule has 0 spiro atoms. The highest BCUT2D eigenvalue weighted by molar-refractivity contribution is 5.89. The molecule has 1 aliphatic rings. The van der Waals surface area contributed by atoms with Crippen LogP contribution in [0.15, 0.2) is 48.5 Å². The van der Waals surface area contributed by atoms with Crippen LogP contribution in [0.1, 0.15) is 57.6 Å². The van der Waals surface area contributed by atoms with Gasteiger partial charge in [-0.05, 0) is 40.5 Å². The Hall–Kier alpha value is -3.35. The van der Waals surface area contributed by atoms with Gasteiger partial charge in [-0.2, -0.15) is 0 Å². The number of carbonyl (C=O) groups is 3. The third kappa shape index (κ3) is 5.76. The van der Waals surface area contributed by atoms with Gasteiger partial charge in [-0.1, -0.05) is 82.6 Å². The Morgan fingerprint density at radius 1 is 0.941 bits per heavy atom. The summed E-state index contributed by atoms with van der Waals surface area (Å²) in [6, 6.07) is 14.2. The molecule has 2 amide bonds. The van der Waals surface area contributed by atoms with Gasteiger partial charge >= 0.3 is 12.1 Å². The van der Waals surface area contributed by atoms with Crippen molar-refractivity contribution in [1.29, 1.82) is 0 Å². The van der Waals surface area contributed by atoms with Crippen LogP contribution in [0.5, 0.6) is 0 Å². The molecule has 0 saturated carbocycles. The number of alkyl carbamates (subject to hydrolysis) is 1. The normalized spacial score (nSPS) is 15.1. The number of hydrogen-bond donors (Lipinski definition) is 3. The van der Waals surface area contributed by atoms with E-state index in [1.54, 1.807) is 6.92 Å². The van der Waals surface area contributed by atoms with Crippen LogP contribution in [0.4, 0.5) is 4.79 Å². The first-order chi connectivity index (χ1) is 16.2. The zero-order valence-electron chi connectivity index (χ0n) is 20.2. The van der Waals surface area contributed by atoms with Crippen LogP contribution in [0.2, 0.25) is 0 Å². The number of amides is 2. The summed E-state index contributed by atoms with van der Waals surface area (Å²) in [6.45, 7) is 7.65. The molecule has 3 N–H and O–H groups in total. The molecular formula is C27H34N2O5. The van der Waals surface area contributed by atoms with Crippen molar-refractivity contribution in [2.24, 2.45) is 11.8 Å². The van der Waals surface area contributed by atoms with Gasteiger partial charge in [-0.3, -0.25) is 4.79 Å². The summed E-state index contributed by atoms with van der Waals surface area (Å²) in [7, 11) is 0. The highest BCUT2D eigenvalue weighted by atomic mass is 16.5. The van der Waals surface area contributed by atoms with Crippen molar-refractivity contribution in [2.75, 3.05) is 6.61 Å². The summed E-state index contributed by atoms with van der Waals surface area (Å²) in [6.07, 6.45) is 0.271. The summed E-state index contributed by atoms with van der Waals surface area (Å²) >= 11 is 0. The van der Waals surface area contributed by atoms with Crippen LogP contribution in [0.25, 0.3) is 11.1 Å². The lowest BCUT2D eigenvalue weighted by Gasteiger charge is -2.25. The molecule has 34 heavy (non-hydrogen) atoms. The van der Waals surface area contributed by atoms with E-state index in [1.165, 1.54) is 0 Å². The van der Waals surface area contributed by atoms with Crippen molar-refractivity contribution in [1.82, 2.24) is 10.6 Å². The van der Waals surface area contributed by atoms with Crippen molar-refractivity contribution in [3.63, 3.8) is 0 Å². The van der Waals surface area contributed by atoms with Crippen LogP contribution in [0.3, 0.4) is 0 Å². The van der Waals surface area contributed by atoms with Crippen molar-refractivity contribution in [2.45, 2.75) is 58.5 Å². The van der Waals surface area contributed by atoms with Gasteiger partial charge in [0.25, 0.3) is 0 Å². The molecule has 0 aliphatic heterocycles. The second-order valence-electron chi connectivity index (χ2n) is 9.36. The first-order valence-electron chi connectivity index (χ1n) is 11.9. The zero-order chi connectivity index (χ0) is 24.8. The van der Waals surface area contributed by atoms with Gasteiger partial charge in [0.2, 0.25) is 5.91 Å². The third-order valence-corrected chi connectivity index (χ3v) is 6.44. The molecule has 1 aliphatic carbocycles. The Labute approximate surface area is 200 Å². The minimum Gasteiger partial charge on any atom is -0.480 e. The summed E-state index contributed by atoms with van der Waals surface area (Å²) in [4.78, 5) is 37.2. The van der Waals surface area contributed by atoms with E-state index < -0.39 is 30.1 Å². The minimum atomic E-state index is -1.09. The van der Waals surface area contributed by atoms with E-state index in [1.807, 2.05) is 57.2 Å². The van der Waals surface area contributed by atoms with Crippen molar-refractivity contribution in [3.05, 3.63) is 59.7 Å². The molecule has 0 fully saturated rings. The molecule has 182 valence electrons. The Kier molecular flexibility index (Phi) is 8.31. The highest BCUT2D eigenvalue weighted by Crippen LogP contribution is 2.44. The van der Waals surface area contributed by atoms with E-state index in [0.29, 0.717) is 12.8 Å². The maximum atomic E-state index is 12.9. The average Bonchev–Trinajstić information content (AvgIpc) is 3.13. The summed E-state index contributed by atoms with van der Waals surface area (Å²) < 4.78 is 5.58. The number of carbonyl (C=O) groups excluding carboxylic acids is 2. The molecule has 0 unspecified atom stereocenters. The van der Waals surface area contributed by atoms with Gasteiger partial charge < -0.3 is 20.5 Å². The monoisotopic (exact) mass is 466 g/mol. The number of carboxylic acid groups (broad SMARTS) is 1. The maximum absolute atomic E-state index is 12.9. The van der Waals surface area contributed by atoms with E-state index in [9.17, 15) is 19.5 Å². The Bertz CT molecular complexity index is 990. The lowest BCUT2D eigenvalue weighted by Crippen LogP contribution is -2.53. The molecule has 2 aromatic rings. The number of hydrogen-bond acceptors (Lipinski definition) is 4. The number of fused-ring (bicyclic) bond motifs is 3. The predicted octanol–water partition coefficient (Wildman–Crippen LogP) is 4.56. The molecule has 2 aromatic carbocycles. The third-order valence-electron chi connectivity index (χ3n) is 6.44. The Morgan fingerprint density at radius 2 is 1.50 bits per heavy atom. The van der Waals surface area contributed by atoms with E-state index in [4.69, 9.17) is 4.74 Å². The van der Waals surface area contributed by atoms with Crippen molar-refractivity contribution in [3.8, 4) is 11.1 Å². The second-order valence-corrected chi connectivity index (χ2v) is 9.36. The fourth-order valence-corrected chi connectivity index (χ4v) is 4.42. The molecule has 3 atom stereocenters. The van der Waals surface area contributed by atoms with Gasteiger partial charge in [0.1, 0.15) is 18.7 Å².